The fraction of sp³-hybridized carbons (Fsp3) is 0.625. The second-order valence-corrected chi connectivity index (χ2v) is 3.85. The van der Waals surface area contributed by atoms with Crippen LogP contribution < -0.4 is 0 Å². The van der Waals surface area contributed by atoms with E-state index in [4.69, 9.17) is 0 Å². The van der Waals surface area contributed by atoms with Gasteiger partial charge in [0.2, 0.25) is 0 Å². The summed E-state index contributed by atoms with van der Waals surface area (Å²) in [6, 6.07) is 0. The molecule has 0 aromatic carbocycles. The average Bonchev–Trinajstić information content (AvgIpc) is 2.68. The molecule has 1 heterocycles. The number of aryl methyl sites for hydroxylation is 1. The van der Waals surface area contributed by atoms with Crippen molar-refractivity contribution in [3.05, 3.63) is 18.0 Å². The summed E-state index contributed by atoms with van der Waals surface area (Å²) in [5, 5.41) is 5.28. The molecule has 1 saturated carbocycles. The van der Waals surface area contributed by atoms with E-state index in [0.717, 1.165) is 17.2 Å². The standard InChI is InChI=1S/C8H11BrN2/c1-11-5-7(4-10-11)8-2-6(8)3-9/h4-6,8H,2-3H2,1H3. The highest BCUT2D eigenvalue weighted by atomic mass is 79.9. The lowest BCUT2D eigenvalue weighted by atomic mass is 10.2. The van der Waals surface area contributed by atoms with E-state index in [1.165, 1.54) is 12.0 Å². The minimum Gasteiger partial charge on any atom is -0.276 e. The molecule has 60 valence electrons. The van der Waals surface area contributed by atoms with Gasteiger partial charge in [0.05, 0.1) is 6.20 Å². The van der Waals surface area contributed by atoms with Gasteiger partial charge < -0.3 is 0 Å². The van der Waals surface area contributed by atoms with E-state index in [9.17, 15) is 0 Å². The van der Waals surface area contributed by atoms with E-state index in [1.807, 2.05) is 17.9 Å². The molecule has 1 aliphatic rings. The Morgan fingerprint density at radius 2 is 2.64 bits per heavy atom. The van der Waals surface area contributed by atoms with Crippen molar-refractivity contribution in [2.45, 2.75) is 12.3 Å². The molecule has 2 unspecified atom stereocenters. The largest absolute Gasteiger partial charge is 0.276 e. The number of rotatable bonds is 2. The van der Waals surface area contributed by atoms with Gasteiger partial charge in [-0.3, -0.25) is 4.68 Å². The van der Waals surface area contributed by atoms with E-state index >= 15 is 0 Å². The Balaban J connectivity index is 2.08. The third-order valence-corrected chi connectivity index (χ3v) is 3.11. The Bertz CT molecular complexity index is 256. The zero-order valence-corrected chi connectivity index (χ0v) is 8.08. The molecule has 0 saturated heterocycles. The van der Waals surface area contributed by atoms with Crippen molar-refractivity contribution < 1.29 is 0 Å². The van der Waals surface area contributed by atoms with Crippen molar-refractivity contribution in [1.29, 1.82) is 0 Å². The smallest absolute Gasteiger partial charge is 0.0524 e. The maximum absolute atomic E-state index is 4.15. The summed E-state index contributed by atoms with van der Waals surface area (Å²) in [5.41, 5.74) is 1.40. The normalized spacial score (nSPS) is 28.9. The Hall–Kier alpha value is -0.310. The van der Waals surface area contributed by atoms with E-state index in [1.54, 1.807) is 0 Å². The highest BCUT2D eigenvalue weighted by molar-refractivity contribution is 9.09. The van der Waals surface area contributed by atoms with Crippen LogP contribution in [0.5, 0.6) is 0 Å². The summed E-state index contributed by atoms with van der Waals surface area (Å²) in [7, 11) is 1.97. The number of alkyl halides is 1. The summed E-state index contributed by atoms with van der Waals surface area (Å²) < 4.78 is 1.87. The van der Waals surface area contributed by atoms with Crippen LogP contribution in [-0.4, -0.2) is 15.1 Å². The minimum atomic E-state index is 0.781. The van der Waals surface area contributed by atoms with Crippen LogP contribution in [-0.2, 0) is 7.05 Å². The van der Waals surface area contributed by atoms with Crippen molar-refractivity contribution >= 4 is 15.9 Å². The van der Waals surface area contributed by atoms with Gasteiger partial charge in [0, 0.05) is 18.6 Å². The molecule has 11 heavy (non-hydrogen) atoms. The van der Waals surface area contributed by atoms with Crippen molar-refractivity contribution in [3.63, 3.8) is 0 Å². The molecule has 0 spiro atoms. The monoisotopic (exact) mass is 214 g/mol. The van der Waals surface area contributed by atoms with Crippen LogP contribution in [0.3, 0.4) is 0 Å². The number of halogens is 1. The van der Waals surface area contributed by atoms with Gasteiger partial charge in [-0.05, 0) is 23.8 Å². The predicted molar refractivity (Wildman–Crippen MR) is 47.9 cm³/mol. The molecule has 0 N–H and O–H groups in total. The van der Waals surface area contributed by atoms with Crippen molar-refractivity contribution in [3.8, 4) is 0 Å². The Morgan fingerprint density at radius 1 is 1.82 bits per heavy atom. The van der Waals surface area contributed by atoms with E-state index in [-0.39, 0.29) is 0 Å². The molecule has 0 aliphatic heterocycles. The first-order valence-corrected chi connectivity index (χ1v) is 4.98. The Kier molecular flexibility index (Phi) is 1.75. The van der Waals surface area contributed by atoms with Gasteiger partial charge in [0.1, 0.15) is 0 Å². The lowest BCUT2D eigenvalue weighted by Gasteiger charge is -1.89. The van der Waals surface area contributed by atoms with Crippen molar-refractivity contribution in [2.75, 3.05) is 5.33 Å². The van der Waals surface area contributed by atoms with Gasteiger partial charge >= 0.3 is 0 Å². The molecular formula is C8H11BrN2. The Labute approximate surface area is 74.7 Å². The zero-order chi connectivity index (χ0) is 7.84. The summed E-state index contributed by atoms with van der Waals surface area (Å²) in [4.78, 5) is 0. The van der Waals surface area contributed by atoms with E-state index in [2.05, 4.69) is 27.2 Å². The molecule has 2 nitrogen and oxygen atoms in total. The SMILES string of the molecule is Cn1cc(C2CC2CBr)cn1. The second-order valence-electron chi connectivity index (χ2n) is 3.20. The van der Waals surface area contributed by atoms with Crippen LogP contribution in [0.25, 0.3) is 0 Å². The lowest BCUT2D eigenvalue weighted by Crippen LogP contribution is -1.85. The molecule has 1 aliphatic carbocycles. The predicted octanol–water partition coefficient (Wildman–Crippen LogP) is 1.92. The first-order valence-electron chi connectivity index (χ1n) is 3.85. The topological polar surface area (TPSA) is 17.8 Å². The lowest BCUT2D eigenvalue weighted by molar-refractivity contribution is 0.766. The minimum absolute atomic E-state index is 0.781. The zero-order valence-electron chi connectivity index (χ0n) is 6.50. The number of nitrogens with zero attached hydrogens (tertiary/aromatic N) is 2. The Morgan fingerprint density at radius 3 is 3.09 bits per heavy atom. The molecule has 2 rings (SSSR count). The molecule has 0 bridgehead atoms. The molecule has 0 radical (unpaired) electrons. The quantitative estimate of drug-likeness (QED) is 0.689. The molecule has 1 aromatic heterocycles. The summed E-state index contributed by atoms with van der Waals surface area (Å²) >= 11 is 3.49. The summed E-state index contributed by atoms with van der Waals surface area (Å²) in [6.07, 6.45) is 5.43. The van der Waals surface area contributed by atoms with Gasteiger partial charge in [0.25, 0.3) is 0 Å². The molecule has 3 heteroatoms. The summed E-state index contributed by atoms with van der Waals surface area (Å²) in [6.45, 7) is 0. The fourth-order valence-corrected chi connectivity index (χ4v) is 2.17. The number of hydrogen-bond donors (Lipinski definition) is 0. The van der Waals surface area contributed by atoms with Gasteiger partial charge in [-0.15, -0.1) is 0 Å². The highest BCUT2D eigenvalue weighted by Gasteiger charge is 2.37. The van der Waals surface area contributed by atoms with Crippen LogP contribution in [0.15, 0.2) is 12.4 Å². The summed E-state index contributed by atoms with van der Waals surface area (Å²) in [5.74, 6) is 1.64. The third kappa shape index (κ3) is 1.34. The molecule has 0 amide bonds. The van der Waals surface area contributed by atoms with Crippen LogP contribution in [0, 0.1) is 5.92 Å². The molecule has 1 aromatic rings. The van der Waals surface area contributed by atoms with Gasteiger partial charge in [0.15, 0.2) is 0 Å². The van der Waals surface area contributed by atoms with E-state index in [0.29, 0.717) is 0 Å². The van der Waals surface area contributed by atoms with E-state index < -0.39 is 0 Å². The van der Waals surface area contributed by atoms with Gasteiger partial charge in [-0.1, -0.05) is 15.9 Å². The van der Waals surface area contributed by atoms with Crippen LogP contribution in [0.1, 0.15) is 17.9 Å². The van der Waals surface area contributed by atoms with Crippen molar-refractivity contribution in [2.24, 2.45) is 13.0 Å². The van der Waals surface area contributed by atoms with Crippen LogP contribution in [0.4, 0.5) is 0 Å². The second kappa shape index (κ2) is 2.63. The maximum atomic E-state index is 4.15. The number of hydrogen-bond acceptors (Lipinski definition) is 1. The molecule has 1 fully saturated rings. The molecule has 2 atom stereocenters. The first-order chi connectivity index (χ1) is 5.31. The van der Waals surface area contributed by atoms with Crippen LogP contribution in [0.2, 0.25) is 0 Å². The molecular weight excluding hydrogens is 204 g/mol. The van der Waals surface area contributed by atoms with Crippen molar-refractivity contribution in [1.82, 2.24) is 9.78 Å². The fourth-order valence-electron chi connectivity index (χ4n) is 1.46. The average molecular weight is 215 g/mol. The third-order valence-electron chi connectivity index (χ3n) is 2.27. The first kappa shape index (κ1) is 7.35. The van der Waals surface area contributed by atoms with Gasteiger partial charge in [-0.25, -0.2) is 0 Å². The van der Waals surface area contributed by atoms with Crippen LogP contribution >= 0.6 is 15.9 Å². The number of aromatic nitrogens is 2. The highest BCUT2D eigenvalue weighted by Crippen LogP contribution is 2.47. The maximum Gasteiger partial charge on any atom is 0.0524 e. The van der Waals surface area contributed by atoms with Gasteiger partial charge in [-0.2, -0.15) is 5.10 Å².